The Labute approximate surface area is 196 Å². The van der Waals surface area contributed by atoms with Crippen LogP contribution in [0.25, 0.3) is 0 Å². The van der Waals surface area contributed by atoms with Gasteiger partial charge in [0.15, 0.2) is 5.78 Å². The summed E-state index contributed by atoms with van der Waals surface area (Å²) >= 11 is 0. The van der Waals surface area contributed by atoms with E-state index in [1.807, 2.05) is 12.1 Å². The van der Waals surface area contributed by atoms with E-state index in [1.165, 1.54) is 6.07 Å². The number of benzene rings is 2. The normalized spacial score (nSPS) is 13.9. The second-order valence-electron chi connectivity index (χ2n) is 8.19. The Morgan fingerprint density at radius 1 is 1.06 bits per heavy atom. The molecule has 1 aromatic heterocycles. The quantitative estimate of drug-likeness (QED) is 0.299. The molecular formula is C25H25N5O4. The van der Waals surface area contributed by atoms with Gasteiger partial charge in [-0.3, -0.25) is 19.7 Å². The predicted octanol–water partition coefficient (Wildman–Crippen LogP) is 3.53. The minimum Gasteiger partial charge on any atom is -0.375 e. The molecule has 4 rings (SSSR count). The molecule has 0 radical (unpaired) electrons. The summed E-state index contributed by atoms with van der Waals surface area (Å²) in [7, 11) is 0. The smallest absolute Gasteiger partial charge is 0.293 e. The number of piperidine rings is 1. The number of amides is 1. The Morgan fingerprint density at radius 3 is 2.47 bits per heavy atom. The van der Waals surface area contributed by atoms with Crippen molar-refractivity contribution in [1.82, 2.24) is 4.98 Å². The fourth-order valence-corrected chi connectivity index (χ4v) is 4.15. The van der Waals surface area contributed by atoms with Crippen LogP contribution in [0.15, 0.2) is 66.9 Å². The summed E-state index contributed by atoms with van der Waals surface area (Å²) in [5, 5.41) is 14.9. The Morgan fingerprint density at radius 2 is 1.79 bits per heavy atom. The molecule has 0 bridgehead atoms. The van der Waals surface area contributed by atoms with Crippen molar-refractivity contribution in [1.29, 1.82) is 0 Å². The SMILES string of the molecule is NC(=O)C1CCN(c2ncccc2CNc2ccc(C(=O)c3ccccc3)cc2[N+](=O)[O-])CC1. The molecule has 174 valence electrons. The lowest BCUT2D eigenvalue weighted by molar-refractivity contribution is -0.384. The van der Waals surface area contributed by atoms with Crippen molar-refractivity contribution in [3.8, 4) is 0 Å². The number of nitro groups is 1. The third-order valence-corrected chi connectivity index (χ3v) is 6.03. The van der Waals surface area contributed by atoms with Crippen molar-refractivity contribution in [2.75, 3.05) is 23.3 Å². The van der Waals surface area contributed by atoms with Gasteiger partial charge in [-0.25, -0.2) is 4.98 Å². The standard InChI is InChI=1S/C25H25N5O4/c26-24(32)18-10-13-29(14-11-18)25-20(7-4-12-27-25)16-28-21-9-8-19(15-22(21)30(33)34)23(31)17-5-2-1-3-6-17/h1-9,12,15,18,28H,10-11,13-14,16H2,(H2,26,32). The number of carbonyl (C=O) groups excluding carboxylic acids is 2. The zero-order valence-corrected chi connectivity index (χ0v) is 18.5. The van der Waals surface area contributed by atoms with Gasteiger partial charge in [0.2, 0.25) is 5.91 Å². The average molecular weight is 460 g/mol. The highest BCUT2D eigenvalue weighted by Gasteiger charge is 2.25. The zero-order chi connectivity index (χ0) is 24.1. The van der Waals surface area contributed by atoms with E-state index in [-0.39, 0.29) is 28.9 Å². The first-order chi connectivity index (χ1) is 16.4. The topological polar surface area (TPSA) is 131 Å². The van der Waals surface area contributed by atoms with Crippen LogP contribution in [0.5, 0.6) is 0 Å². The minimum absolute atomic E-state index is 0.124. The summed E-state index contributed by atoms with van der Waals surface area (Å²) in [4.78, 5) is 42.0. The number of nitro benzene ring substituents is 1. The monoisotopic (exact) mass is 459 g/mol. The molecule has 2 heterocycles. The van der Waals surface area contributed by atoms with Gasteiger partial charge in [0.05, 0.1) is 4.92 Å². The van der Waals surface area contributed by atoms with Gasteiger partial charge in [0.1, 0.15) is 11.5 Å². The van der Waals surface area contributed by atoms with Crippen LogP contribution >= 0.6 is 0 Å². The molecule has 9 nitrogen and oxygen atoms in total. The lowest BCUT2D eigenvalue weighted by atomic mass is 9.96. The van der Waals surface area contributed by atoms with Crippen molar-refractivity contribution >= 4 is 28.9 Å². The summed E-state index contributed by atoms with van der Waals surface area (Å²) in [6.07, 6.45) is 3.04. The van der Waals surface area contributed by atoms with E-state index in [0.717, 1.165) is 11.4 Å². The van der Waals surface area contributed by atoms with Gasteiger partial charge in [0, 0.05) is 54.5 Å². The largest absolute Gasteiger partial charge is 0.375 e. The number of pyridine rings is 1. The van der Waals surface area contributed by atoms with E-state index in [4.69, 9.17) is 5.73 Å². The molecular weight excluding hydrogens is 434 g/mol. The van der Waals surface area contributed by atoms with Crippen LogP contribution in [0.1, 0.15) is 34.3 Å². The molecule has 1 fully saturated rings. The first-order valence-electron chi connectivity index (χ1n) is 11.0. The van der Waals surface area contributed by atoms with E-state index in [2.05, 4.69) is 15.2 Å². The van der Waals surface area contributed by atoms with E-state index >= 15 is 0 Å². The number of hydrogen-bond donors (Lipinski definition) is 2. The van der Waals surface area contributed by atoms with Gasteiger partial charge in [-0.15, -0.1) is 0 Å². The van der Waals surface area contributed by atoms with Crippen LogP contribution in [0.2, 0.25) is 0 Å². The molecule has 34 heavy (non-hydrogen) atoms. The van der Waals surface area contributed by atoms with Gasteiger partial charge in [-0.05, 0) is 31.0 Å². The summed E-state index contributed by atoms with van der Waals surface area (Å²) in [6, 6.07) is 16.8. The number of nitrogens with one attached hydrogen (secondary N) is 1. The summed E-state index contributed by atoms with van der Waals surface area (Å²) in [6.45, 7) is 1.63. The van der Waals surface area contributed by atoms with Crippen LogP contribution in [0, 0.1) is 16.0 Å². The van der Waals surface area contributed by atoms with Gasteiger partial charge in [-0.2, -0.15) is 0 Å². The van der Waals surface area contributed by atoms with Crippen LogP contribution in [-0.4, -0.2) is 34.7 Å². The molecule has 3 aromatic rings. The van der Waals surface area contributed by atoms with Crippen molar-refractivity contribution in [3.63, 3.8) is 0 Å². The average Bonchev–Trinajstić information content (AvgIpc) is 2.87. The highest BCUT2D eigenvalue weighted by Crippen LogP contribution is 2.29. The van der Waals surface area contributed by atoms with Crippen LogP contribution in [0.3, 0.4) is 0 Å². The fraction of sp³-hybridized carbons (Fsp3) is 0.240. The number of aromatic nitrogens is 1. The molecule has 0 aliphatic carbocycles. The molecule has 1 aliphatic heterocycles. The van der Waals surface area contributed by atoms with Crippen molar-refractivity contribution in [3.05, 3.63) is 93.7 Å². The number of ketones is 1. The van der Waals surface area contributed by atoms with E-state index in [0.29, 0.717) is 43.7 Å². The van der Waals surface area contributed by atoms with E-state index in [9.17, 15) is 19.7 Å². The first kappa shape index (κ1) is 22.9. The molecule has 9 heteroatoms. The third kappa shape index (κ3) is 5.03. The van der Waals surface area contributed by atoms with Gasteiger partial charge < -0.3 is 16.0 Å². The van der Waals surface area contributed by atoms with E-state index in [1.54, 1.807) is 48.7 Å². The zero-order valence-electron chi connectivity index (χ0n) is 18.5. The highest BCUT2D eigenvalue weighted by atomic mass is 16.6. The molecule has 0 atom stereocenters. The number of carbonyl (C=O) groups is 2. The van der Waals surface area contributed by atoms with Crippen molar-refractivity contribution in [2.45, 2.75) is 19.4 Å². The Hall–Kier alpha value is -4.27. The highest BCUT2D eigenvalue weighted by molar-refractivity contribution is 6.09. The van der Waals surface area contributed by atoms with Crippen LogP contribution < -0.4 is 16.0 Å². The molecule has 0 unspecified atom stereocenters. The number of hydrogen-bond acceptors (Lipinski definition) is 7. The lowest BCUT2D eigenvalue weighted by Crippen LogP contribution is -2.39. The number of primary amides is 1. The number of nitrogens with zero attached hydrogens (tertiary/aromatic N) is 3. The maximum Gasteiger partial charge on any atom is 0.293 e. The molecule has 0 saturated carbocycles. The second kappa shape index (κ2) is 10.1. The number of nitrogens with two attached hydrogens (primary N) is 1. The van der Waals surface area contributed by atoms with Crippen molar-refractivity contribution in [2.24, 2.45) is 11.7 Å². The van der Waals surface area contributed by atoms with Gasteiger partial charge >= 0.3 is 0 Å². The Balaban J connectivity index is 1.51. The Kier molecular flexibility index (Phi) is 6.82. The molecule has 2 aromatic carbocycles. The minimum atomic E-state index is -0.497. The van der Waals surface area contributed by atoms with Crippen LogP contribution in [-0.2, 0) is 11.3 Å². The number of anilines is 2. The molecule has 1 amide bonds. The van der Waals surface area contributed by atoms with Crippen molar-refractivity contribution < 1.29 is 14.5 Å². The fourth-order valence-electron chi connectivity index (χ4n) is 4.15. The van der Waals surface area contributed by atoms with Gasteiger partial charge in [-0.1, -0.05) is 36.4 Å². The summed E-state index contributed by atoms with van der Waals surface area (Å²) < 4.78 is 0. The van der Waals surface area contributed by atoms with E-state index < -0.39 is 4.92 Å². The summed E-state index contributed by atoms with van der Waals surface area (Å²) in [5.41, 5.74) is 7.18. The summed E-state index contributed by atoms with van der Waals surface area (Å²) in [5.74, 6) is 0.103. The lowest BCUT2D eigenvalue weighted by Gasteiger charge is -2.32. The maximum atomic E-state index is 12.7. The molecule has 1 saturated heterocycles. The predicted molar refractivity (Wildman–Crippen MR) is 129 cm³/mol. The molecule has 1 aliphatic rings. The van der Waals surface area contributed by atoms with Gasteiger partial charge in [0.25, 0.3) is 5.69 Å². The Bertz CT molecular complexity index is 1210. The molecule has 0 spiro atoms. The third-order valence-electron chi connectivity index (χ3n) is 6.03. The second-order valence-corrected chi connectivity index (χ2v) is 8.19. The van der Waals surface area contributed by atoms with Crippen LogP contribution in [0.4, 0.5) is 17.2 Å². The molecule has 3 N–H and O–H groups in total. The maximum absolute atomic E-state index is 12.7. The number of rotatable bonds is 8. The first-order valence-corrected chi connectivity index (χ1v) is 11.0.